The van der Waals surface area contributed by atoms with Gasteiger partial charge in [0.1, 0.15) is 5.75 Å². The molecule has 0 saturated carbocycles. The van der Waals surface area contributed by atoms with Crippen LogP contribution in [0.15, 0.2) is 36.5 Å². The van der Waals surface area contributed by atoms with Gasteiger partial charge in [-0.05, 0) is 37.0 Å². The fraction of sp³-hybridized carbons (Fsp3) is 0.400. The summed E-state index contributed by atoms with van der Waals surface area (Å²) in [5.74, 6) is 0.638. The number of rotatable bonds is 6. The number of hydrogen-bond acceptors (Lipinski definition) is 3. The molecular weight excluding hydrogens is 330 g/mol. The number of para-hydroxylation sites is 1. The van der Waals surface area contributed by atoms with E-state index in [9.17, 15) is 9.59 Å². The normalized spacial score (nSPS) is 17.1. The third kappa shape index (κ3) is 3.90. The summed E-state index contributed by atoms with van der Waals surface area (Å²) in [5, 5.41) is 0. The maximum absolute atomic E-state index is 12.7. The molecule has 0 spiro atoms. The first-order valence-electron chi connectivity index (χ1n) is 8.97. The molecule has 1 fully saturated rings. The van der Waals surface area contributed by atoms with Crippen LogP contribution in [0, 0.1) is 0 Å². The van der Waals surface area contributed by atoms with Crippen molar-refractivity contribution in [2.75, 3.05) is 20.2 Å². The number of carbonyl (C=O) groups is 2. The van der Waals surface area contributed by atoms with Crippen molar-refractivity contribution in [3.8, 4) is 5.75 Å². The number of H-pyrrole nitrogens is 1. The molecule has 3 N–H and O–H groups in total. The molecule has 1 aliphatic heterocycles. The fourth-order valence-electron chi connectivity index (χ4n) is 3.68. The highest BCUT2D eigenvalue weighted by molar-refractivity contribution is 5.94. The SMILES string of the molecule is COc1ccccc1CCC(=O)N1CCC[C@H](c2[nH]ccc2C(N)=O)C1. The summed E-state index contributed by atoms with van der Waals surface area (Å²) in [7, 11) is 1.64. The second-order valence-electron chi connectivity index (χ2n) is 6.66. The summed E-state index contributed by atoms with van der Waals surface area (Å²) in [4.78, 5) is 29.3. The van der Waals surface area contributed by atoms with E-state index in [1.54, 1.807) is 19.4 Å². The Morgan fingerprint density at radius 1 is 1.31 bits per heavy atom. The Hall–Kier alpha value is -2.76. The number of benzene rings is 1. The van der Waals surface area contributed by atoms with Gasteiger partial charge in [-0.1, -0.05) is 18.2 Å². The summed E-state index contributed by atoms with van der Waals surface area (Å²) in [6.45, 7) is 1.37. The smallest absolute Gasteiger partial charge is 0.250 e. The number of piperidine rings is 1. The van der Waals surface area contributed by atoms with Gasteiger partial charge in [0.2, 0.25) is 5.91 Å². The molecule has 2 amide bonds. The molecule has 6 heteroatoms. The molecule has 0 aliphatic carbocycles. The van der Waals surface area contributed by atoms with E-state index < -0.39 is 5.91 Å². The van der Waals surface area contributed by atoms with Gasteiger partial charge in [-0.3, -0.25) is 9.59 Å². The summed E-state index contributed by atoms with van der Waals surface area (Å²) in [6.07, 6.45) is 4.69. The van der Waals surface area contributed by atoms with Gasteiger partial charge < -0.3 is 20.4 Å². The number of carbonyl (C=O) groups excluding carboxylic acids is 2. The Morgan fingerprint density at radius 2 is 2.12 bits per heavy atom. The first-order valence-corrected chi connectivity index (χ1v) is 8.97. The van der Waals surface area contributed by atoms with Gasteiger partial charge in [0.15, 0.2) is 0 Å². The summed E-state index contributed by atoms with van der Waals surface area (Å²) in [5.41, 5.74) is 7.86. The van der Waals surface area contributed by atoms with Gasteiger partial charge in [-0.25, -0.2) is 0 Å². The lowest BCUT2D eigenvalue weighted by Gasteiger charge is -2.33. The Bertz CT molecular complexity index is 784. The highest BCUT2D eigenvalue weighted by Crippen LogP contribution is 2.29. The predicted molar refractivity (Wildman–Crippen MR) is 99.2 cm³/mol. The molecule has 1 saturated heterocycles. The molecule has 1 aromatic carbocycles. The molecule has 1 aliphatic rings. The Morgan fingerprint density at radius 3 is 2.88 bits per heavy atom. The Kier molecular flexibility index (Phi) is 5.61. The first kappa shape index (κ1) is 18.0. The number of nitrogens with zero attached hydrogens (tertiary/aromatic N) is 1. The van der Waals surface area contributed by atoms with Gasteiger partial charge in [-0.2, -0.15) is 0 Å². The molecule has 1 atom stereocenters. The minimum Gasteiger partial charge on any atom is -0.496 e. The number of methoxy groups -OCH3 is 1. The second kappa shape index (κ2) is 8.08. The predicted octanol–water partition coefficient (Wildman–Crippen LogP) is 2.46. The summed E-state index contributed by atoms with van der Waals surface area (Å²) >= 11 is 0. The third-order valence-corrected chi connectivity index (χ3v) is 5.03. The Balaban J connectivity index is 1.63. The fourth-order valence-corrected chi connectivity index (χ4v) is 3.68. The van der Waals surface area contributed by atoms with Crippen molar-refractivity contribution >= 4 is 11.8 Å². The number of nitrogens with one attached hydrogen (secondary N) is 1. The molecule has 0 unspecified atom stereocenters. The topological polar surface area (TPSA) is 88.4 Å². The monoisotopic (exact) mass is 355 g/mol. The lowest BCUT2D eigenvalue weighted by molar-refractivity contribution is -0.132. The summed E-state index contributed by atoms with van der Waals surface area (Å²) in [6, 6.07) is 9.48. The lowest BCUT2D eigenvalue weighted by Crippen LogP contribution is -2.39. The third-order valence-electron chi connectivity index (χ3n) is 5.03. The van der Waals surface area contributed by atoms with Crippen LogP contribution in [0.2, 0.25) is 0 Å². The van der Waals surface area contributed by atoms with Crippen LogP contribution in [0.3, 0.4) is 0 Å². The molecule has 3 rings (SSSR count). The van der Waals surface area contributed by atoms with E-state index in [0.29, 0.717) is 24.9 Å². The van der Waals surface area contributed by atoms with Crippen molar-refractivity contribution in [2.45, 2.75) is 31.6 Å². The number of ether oxygens (including phenoxy) is 1. The van der Waals surface area contributed by atoms with Crippen molar-refractivity contribution < 1.29 is 14.3 Å². The second-order valence-corrected chi connectivity index (χ2v) is 6.66. The van der Waals surface area contributed by atoms with Crippen LogP contribution < -0.4 is 10.5 Å². The van der Waals surface area contributed by atoms with E-state index >= 15 is 0 Å². The van der Waals surface area contributed by atoms with E-state index in [0.717, 1.165) is 36.4 Å². The minimum absolute atomic E-state index is 0.122. The average Bonchev–Trinajstić information content (AvgIpc) is 3.16. The number of likely N-dealkylation sites (tertiary alicyclic amines) is 1. The number of aryl methyl sites for hydroxylation is 1. The van der Waals surface area contributed by atoms with Gasteiger partial charge in [0, 0.05) is 37.3 Å². The Labute approximate surface area is 153 Å². The van der Waals surface area contributed by atoms with Crippen LogP contribution in [-0.2, 0) is 11.2 Å². The van der Waals surface area contributed by atoms with Gasteiger partial charge in [0.05, 0.1) is 12.7 Å². The van der Waals surface area contributed by atoms with Gasteiger partial charge in [0.25, 0.3) is 5.91 Å². The number of primary amides is 1. The molecule has 6 nitrogen and oxygen atoms in total. The maximum Gasteiger partial charge on any atom is 0.250 e. The molecule has 26 heavy (non-hydrogen) atoms. The van der Waals surface area contributed by atoms with Crippen LogP contribution >= 0.6 is 0 Å². The molecule has 1 aromatic heterocycles. The van der Waals surface area contributed by atoms with E-state index in [1.165, 1.54) is 0 Å². The first-order chi connectivity index (χ1) is 12.6. The number of aromatic amines is 1. The zero-order chi connectivity index (χ0) is 18.5. The van der Waals surface area contributed by atoms with Crippen LogP contribution in [0.5, 0.6) is 5.75 Å². The average molecular weight is 355 g/mol. The van der Waals surface area contributed by atoms with Crippen LogP contribution in [0.25, 0.3) is 0 Å². The zero-order valence-electron chi connectivity index (χ0n) is 15.0. The molecule has 2 heterocycles. The number of nitrogens with two attached hydrogens (primary N) is 1. The maximum atomic E-state index is 12.7. The van der Waals surface area contributed by atoms with Crippen molar-refractivity contribution in [1.29, 1.82) is 0 Å². The van der Waals surface area contributed by atoms with Crippen LogP contribution in [0.1, 0.15) is 46.8 Å². The number of aromatic nitrogens is 1. The molecule has 0 bridgehead atoms. The van der Waals surface area contributed by atoms with E-state index in [-0.39, 0.29) is 11.8 Å². The number of amides is 2. The standard InChI is InChI=1S/C20H25N3O3/c1-26-17-7-3-2-5-14(17)8-9-18(24)23-12-4-6-15(13-23)19-16(20(21)25)10-11-22-19/h2-3,5,7,10-11,15,22H,4,6,8-9,12-13H2,1H3,(H2,21,25)/t15-/m0/s1. The molecule has 0 radical (unpaired) electrons. The molecule has 2 aromatic rings. The highest BCUT2D eigenvalue weighted by Gasteiger charge is 2.27. The van der Waals surface area contributed by atoms with Crippen LogP contribution in [0.4, 0.5) is 0 Å². The van der Waals surface area contributed by atoms with E-state index in [2.05, 4.69) is 4.98 Å². The highest BCUT2D eigenvalue weighted by atomic mass is 16.5. The largest absolute Gasteiger partial charge is 0.496 e. The summed E-state index contributed by atoms with van der Waals surface area (Å²) < 4.78 is 5.35. The number of hydrogen-bond donors (Lipinski definition) is 2. The van der Waals surface area contributed by atoms with Crippen LogP contribution in [-0.4, -0.2) is 41.9 Å². The molecule has 138 valence electrons. The van der Waals surface area contributed by atoms with E-state index in [1.807, 2.05) is 29.2 Å². The van der Waals surface area contributed by atoms with Gasteiger partial charge >= 0.3 is 0 Å². The minimum atomic E-state index is -0.430. The van der Waals surface area contributed by atoms with E-state index in [4.69, 9.17) is 10.5 Å². The van der Waals surface area contributed by atoms with Gasteiger partial charge in [-0.15, -0.1) is 0 Å². The van der Waals surface area contributed by atoms with Crippen molar-refractivity contribution in [2.24, 2.45) is 5.73 Å². The van der Waals surface area contributed by atoms with Crippen molar-refractivity contribution in [1.82, 2.24) is 9.88 Å². The zero-order valence-corrected chi connectivity index (χ0v) is 15.0. The lowest BCUT2D eigenvalue weighted by atomic mass is 9.92. The van der Waals surface area contributed by atoms with Crippen molar-refractivity contribution in [3.63, 3.8) is 0 Å². The van der Waals surface area contributed by atoms with Crippen molar-refractivity contribution in [3.05, 3.63) is 53.3 Å². The quantitative estimate of drug-likeness (QED) is 0.834. The molecular formula is C20H25N3O3.